The number of hydrogen-bond donors (Lipinski definition) is 1. The smallest absolute Gasteiger partial charge is 0.124 e. The molecule has 15 heavy (non-hydrogen) atoms. The molecule has 2 rings (SSSR count). The second kappa shape index (κ2) is 4.92. The molecule has 2 N–H and O–H groups in total. The first-order valence-electron chi connectivity index (χ1n) is 4.96. The van der Waals surface area contributed by atoms with Crippen LogP contribution in [0.4, 0.5) is 5.82 Å². The second-order valence-corrected chi connectivity index (χ2v) is 4.42. The van der Waals surface area contributed by atoms with Crippen molar-refractivity contribution in [1.29, 1.82) is 0 Å². The van der Waals surface area contributed by atoms with Crippen molar-refractivity contribution < 1.29 is 4.74 Å². The normalized spacial score (nSPS) is 17.9. The SMILES string of the molecule is Nc1cc(CN2CCOCC2)cc(Br)n1. The fraction of sp³-hybridized carbons (Fsp3) is 0.500. The lowest BCUT2D eigenvalue weighted by molar-refractivity contribution is 0.0342. The molecule has 4 nitrogen and oxygen atoms in total. The minimum atomic E-state index is 0.563. The Balaban J connectivity index is 2.02. The van der Waals surface area contributed by atoms with Gasteiger partial charge in [0, 0.05) is 19.6 Å². The minimum Gasteiger partial charge on any atom is -0.384 e. The lowest BCUT2D eigenvalue weighted by Gasteiger charge is -2.26. The number of hydrogen-bond acceptors (Lipinski definition) is 4. The highest BCUT2D eigenvalue weighted by molar-refractivity contribution is 9.10. The number of rotatable bonds is 2. The van der Waals surface area contributed by atoms with Gasteiger partial charge in [0.2, 0.25) is 0 Å². The minimum absolute atomic E-state index is 0.563. The Bertz CT molecular complexity index is 319. The quantitative estimate of drug-likeness (QED) is 0.823. The Hall–Kier alpha value is -0.650. The number of nitrogens with two attached hydrogens (primary N) is 1. The van der Waals surface area contributed by atoms with Crippen molar-refractivity contribution in [1.82, 2.24) is 9.88 Å². The number of pyridine rings is 1. The third-order valence-corrected chi connectivity index (χ3v) is 2.79. The molecule has 1 aromatic rings. The van der Waals surface area contributed by atoms with E-state index in [1.807, 2.05) is 12.1 Å². The number of ether oxygens (including phenoxy) is 1. The zero-order valence-electron chi connectivity index (χ0n) is 8.45. The van der Waals surface area contributed by atoms with E-state index in [1.54, 1.807) is 0 Å². The summed E-state index contributed by atoms with van der Waals surface area (Å²) in [6, 6.07) is 3.92. The van der Waals surface area contributed by atoms with Crippen LogP contribution in [0.3, 0.4) is 0 Å². The topological polar surface area (TPSA) is 51.4 Å². The first kappa shape index (κ1) is 10.9. The van der Waals surface area contributed by atoms with E-state index in [2.05, 4.69) is 25.8 Å². The molecule has 0 unspecified atom stereocenters. The number of nitrogen functional groups attached to an aromatic ring is 1. The molecule has 82 valence electrons. The van der Waals surface area contributed by atoms with Gasteiger partial charge in [-0.05, 0) is 33.6 Å². The van der Waals surface area contributed by atoms with E-state index in [0.29, 0.717) is 5.82 Å². The average Bonchev–Trinajstić information content (AvgIpc) is 2.17. The number of anilines is 1. The molecule has 1 aliphatic rings. The Labute approximate surface area is 97.6 Å². The van der Waals surface area contributed by atoms with E-state index in [4.69, 9.17) is 10.5 Å². The molecular weight excluding hydrogens is 258 g/mol. The lowest BCUT2D eigenvalue weighted by atomic mass is 10.2. The highest BCUT2D eigenvalue weighted by Gasteiger charge is 2.11. The number of aromatic nitrogens is 1. The molecule has 1 aromatic heterocycles. The fourth-order valence-corrected chi connectivity index (χ4v) is 2.18. The molecule has 0 saturated carbocycles. The molecule has 0 aromatic carbocycles. The van der Waals surface area contributed by atoms with E-state index < -0.39 is 0 Å². The van der Waals surface area contributed by atoms with Gasteiger partial charge in [-0.3, -0.25) is 4.90 Å². The summed E-state index contributed by atoms with van der Waals surface area (Å²) < 4.78 is 6.09. The van der Waals surface area contributed by atoms with Gasteiger partial charge in [-0.2, -0.15) is 0 Å². The van der Waals surface area contributed by atoms with Crippen molar-refractivity contribution in [3.05, 3.63) is 22.3 Å². The Morgan fingerprint density at radius 2 is 2.13 bits per heavy atom. The highest BCUT2D eigenvalue weighted by Crippen LogP contribution is 2.15. The molecule has 0 aliphatic carbocycles. The number of halogens is 1. The van der Waals surface area contributed by atoms with Crippen molar-refractivity contribution >= 4 is 21.7 Å². The van der Waals surface area contributed by atoms with E-state index in [-0.39, 0.29) is 0 Å². The predicted octanol–water partition coefficient (Wildman–Crippen LogP) is 1.26. The van der Waals surface area contributed by atoms with Crippen LogP contribution >= 0.6 is 15.9 Å². The second-order valence-electron chi connectivity index (χ2n) is 3.61. The third kappa shape index (κ3) is 3.15. The summed E-state index contributed by atoms with van der Waals surface area (Å²) in [5.74, 6) is 0.563. The van der Waals surface area contributed by atoms with E-state index in [0.717, 1.165) is 37.5 Å². The van der Waals surface area contributed by atoms with Crippen LogP contribution in [0.5, 0.6) is 0 Å². The molecular formula is C10H14BrN3O. The maximum absolute atomic E-state index is 5.68. The van der Waals surface area contributed by atoms with Crippen LogP contribution in [0, 0.1) is 0 Å². The molecule has 0 amide bonds. The molecule has 1 fully saturated rings. The molecule has 5 heteroatoms. The zero-order valence-corrected chi connectivity index (χ0v) is 10.0. The first-order valence-corrected chi connectivity index (χ1v) is 5.75. The van der Waals surface area contributed by atoms with Gasteiger partial charge in [-0.25, -0.2) is 4.98 Å². The maximum atomic E-state index is 5.68. The molecule has 0 radical (unpaired) electrons. The summed E-state index contributed by atoms with van der Waals surface area (Å²) in [6.07, 6.45) is 0. The molecule has 2 heterocycles. The molecule has 0 spiro atoms. The van der Waals surface area contributed by atoms with Gasteiger partial charge < -0.3 is 10.5 Å². The summed E-state index contributed by atoms with van der Waals surface area (Å²) in [7, 11) is 0. The monoisotopic (exact) mass is 271 g/mol. The standard InChI is InChI=1S/C10H14BrN3O/c11-9-5-8(6-10(12)13-9)7-14-1-3-15-4-2-14/h5-6H,1-4,7H2,(H2,12,13). The summed E-state index contributed by atoms with van der Waals surface area (Å²) >= 11 is 3.34. The van der Waals surface area contributed by atoms with Crippen LogP contribution in [0.1, 0.15) is 5.56 Å². The van der Waals surface area contributed by atoms with Gasteiger partial charge >= 0.3 is 0 Å². The van der Waals surface area contributed by atoms with Crippen molar-refractivity contribution in [3.63, 3.8) is 0 Å². The highest BCUT2D eigenvalue weighted by atomic mass is 79.9. The van der Waals surface area contributed by atoms with Crippen molar-refractivity contribution in [2.24, 2.45) is 0 Å². The number of morpholine rings is 1. The Kier molecular flexibility index (Phi) is 3.56. The summed E-state index contributed by atoms with van der Waals surface area (Å²) in [4.78, 5) is 6.43. The van der Waals surface area contributed by atoms with E-state index in [1.165, 1.54) is 5.56 Å². The van der Waals surface area contributed by atoms with Gasteiger partial charge in [0.15, 0.2) is 0 Å². The van der Waals surface area contributed by atoms with Crippen molar-refractivity contribution in [3.8, 4) is 0 Å². The lowest BCUT2D eigenvalue weighted by Crippen LogP contribution is -2.35. The van der Waals surface area contributed by atoms with Crippen LogP contribution in [-0.4, -0.2) is 36.2 Å². The summed E-state index contributed by atoms with van der Waals surface area (Å²) in [5.41, 5.74) is 6.87. The van der Waals surface area contributed by atoms with Crippen molar-refractivity contribution in [2.45, 2.75) is 6.54 Å². The Morgan fingerprint density at radius 3 is 2.80 bits per heavy atom. The molecule has 0 atom stereocenters. The maximum Gasteiger partial charge on any atom is 0.124 e. The first-order chi connectivity index (χ1) is 7.24. The van der Waals surface area contributed by atoms with E-state index >= 15 is 0 Å². The van der Waals surface area contributed by atoms with Gasteiger partial charge in [0.1, 0.15) is 10.4 Å². The van der Waals surface area contributed by atoms with Gasteiger partial charge in [0.25, 0.3) is 0 Å². The van der Waals surface area contributed by atoms with Crippen LogP contribution < -0.4 is 5.73 Å². The fourth-order valence-electron chi connectivity index (χ4n) is 1.68. The molecule has 1 aliphatic heterocycles. The Morgan fingerprint density at radius 1 is 1.40 bits per heavy atom. The molecule has 1 saturated heterocycles. The van der Waals surface area contributed by atoms with Gasteiger partial charge in [0.05, 0.1) is 13.2 Å². The van der Waals surface area contributed by atoms with Crippen LogP contribution in [-0.2, 0) is 11.3 Å². The predicted molar refractivity (Wildman–Crippen MR) is 62.4 cm³/mol. The molecule has 0 bridgehead atoms. The van der Waals surface area contributed by atoms with Crippen LogP contribution in [0.15, 0.2) is 16.7 Å². The van der Waals surface area contributed by atoms with E-state index in [9.17, 15) is 0 Å². The number of nitrogens with zero attached hydrogens (tertiary/aromatic N) is 2. The van der Waals surface area contributed by atoms with Crippen LogP contribution in [0.25, 0.3) is 0 Å². The largest absolute Gasteiger partial charge is 0.384 e. The summed E-state index contributed by atoms with van der Waals surface area (Å²) in [6.45, 7) is 4.53. The summed E-state index contributed by atoms with van der Waals surface area (Å²) in [5, 5.41) is 0. The zero-order chi connectivity index (χ0) is 10.7. The van der Waals surface area contributed by atoms with Crippen LogP contribution in [0.2, 0.25) is 0 Å². The average molecular weight is 272 g/mol. The van der Waals surface area contributed by atoms with Gasteiger partial charge in [-0.1, -0.05) is 0 Å². The third-order valence-electron chi connectivity index (χ3n) is 2.38. The van der Waals surface area contributed by atoms with Gasteiger partial charge in [-0.15, -0.1) is 0 Å². The van der Waals surface area contributed by atoms with Crippen molar-refractivity contribution in [2.75, 3.05) is 32.0 Å².